The molecular weight excluding hydrogens is 428 g/mol. The van der Waals surface area contributed by atoms with Crippen LogP contribution in [0.3, 0.4) is 0 Å². The normalized spacial score (nSPS) is 16.6. The third-order valence-electron chi connectivity index (χ3n) is 5.62. The van der Waals surface area contributed by atoms with Gasteiger partial charge in [-0.1, -0.05) is 12.1 Å². The van der Waals surface area contributed by atoms with Crippen LogP contribution in [0.1, 0.15) is 21.6 Å². The number of hydrogen-bond donors (Lipinski definition) is 3. The van der Waals surface area contributed by atoms with Gasteiger partial charge in [0.15, 0.2) is 5.65 Å². The number of likely N-dealkylation sites (N-methyl/N-ethyl adjacent to an activating group) is 1. The molecule has 3 heterocycles. The maximum Gasteiger partial charge on any atom is 0.510 e. The van der Waals surface area contributed by atoms with Crippen LogP contribution in [0.5, 0.6) is 0 Å². The third kappa shape index (κ3) is 4.80. The van der Waals surface area contributed by atoms with Crippen molar-refractivity contribution in [1.82, 2.24) is 24.8 Å². The van der Waals surface area contributed by atoms with Crippen molar-refractivity contribution < 1.29 is 19.2 Å². The Morgan fingerprint density at radius 3 is 2.73 bits per heavy atom. The second-order valence-electron chi connectivity index (χ2n) is 7.97. The molecule has 3 aromatic rings. The van der Waals surface area contributed by atoms with E-state index in [0.29, 0.717) is 31.0 Å². The number of carbonyl (C=O) groups is 1. The number of nitrogens with one attached hydrogen (secondary N) is 1. The molecule has 10 nitrogen and oxygen atoms in total. The predicted molar refractivity (Wildman–Crippen MR) is 120 cm³/mol. The predicted octanol–water partition coefficient (Wildman–Crippen LogP) is -0.699. The Kier molecular flexibility index (Phi) is 6.55. The number of halogens is 1. The highest BCUT2D eigenvalue weighted by molar-refractivity contribution is 6.57. The number of nitriles is 1. The Hall–Kier alpha value is -3.53. The summed E-state index contributed by atoms with van der Waals surface area (Å²) in [6, 6.07) is 11.4. The van der Waals surface area contributed by atoms with Gasteiger partial charge in [0.05, 0.1) is 23.3 Å². The van der Waals surface area contributed by atoms with Gasteiger partial charge in [0.2, 0.25) is 0 Å². The Morgan fingerprint density at radius 2 is 2.06 bits per heavy atom. The van der Waals surface area contributed by atoms with Gasteiger partial charge in [-0.15, -0.1) is 0 Å². The lowest BCUT2D eigenvalue weighted by atomic mass is 9.87. The van der Waals surface area contributed by atoms with Crippen LogP contribution in [-0.2, 0) is 6.54 Å². The summed E-state index contributed by atoms with van der Waals surface area (Å²) in [4.78, 5) is 21.1. The summed E-state index contributed by atoms with van der Waals surface area (Å²) >= 11 is 0. The zero-order valence-corrected chi connectivity index (χ0v) is 18.0. The first-order chi connectivity index (χ1) is 15.9. The summed E-state index contributed by atoms with van der Waals surface area (Å²) < 4.78 is 15.3. The van der Waals surface area contributed by atoms with E-state index in [2.05, 4.69) is 15.4 Å². The average molecular weight is 451 g/mol. The Balaban J connectivity index is 1.66. The number of rotatable bonds is 6. The van der Waals surface area contributed by atoms with Gasteiger partial charge < -0.3 is 25.2 Å². The van der Waals surface area contributed by atoms with Crippen molar-refractivity contribution in [3.05, 3.63) is 53.2 Å². The highest BCUT2D eigenvalue weighted by Gasteiger charge is 2.29. The molecule has 170 valence electrons. The van der Waals surface area contributed by atoms with Gasteiger partial charge in [-0.05, 0) is 24.7 Å². The van der Waals surface area contributed by atoms with E-state index in [1.165, 1.54) is 16.6 Å². The van der Waals surface area contributed by atoms with Crippen molar-refractivity contribution in [3.8, 4) is 6.07 Å². The van der Waals surface area contributed by atoms with Crippen molar-refractivity contribution >= 4 is 30.1 Å². The van der Waals surface area contributed by atoms with Crippen molar-refractivity contribution in [2.24, 2.45) is 0 Å². The molecule has 1 saturated heterocycles. The van der Waals surface area contributed by atoms with E-state index in [-0.39, 0.29) is 23.5 Å². The fourth-order valence-corrected chi connectivity index (χ4v) is 3.84. The first-order valence-electron chi connectivity index (χ1n) is 10.4. The van der Waals surface area contributed by atoms with Crippen molar-refractivity contribution in [2.45, 2.75) is 12.6 Å². The zero-order chi connectivity index (χ0) is 23.5. The van der Waals surface area contributed by atoms with Crippen LogP contribution < -0.4 is 15.8 Å². The molecule has 12 heteroatoms. The summed E-state index contributed by atoms with van der Waals surface area (Å²) in [5, 5.41) is 35.0. The maximum atomic E-state index is 13.9. The molecular formula is C21H23BFN7O3. The van der Waals surface area contributed by atoms with Crippen LogP contribution in [0.15, 0.2) is 36.4 Å². The van der Waals surface area contributed by atoms with E-state index in [4.69, 9.17) is 5.26 Å². The number of alkyl halides is 1. The topological polar surface area (TPSA) is 130 Å². The molecule has 1 aliphatic heterocycles. The van der Waals surface area contributed by atoms with Crippen LogP contribution >= 0.6 is 0 Å². The van der Waals surface area contributed by atoms with Crippen LogP contribution in [0.2, 0.25) is 0 Å². The van der Waals surface area contributed by atoms with Crippen LogP contribution in [0, 0.1) is 11.3 Å². The number of nitrogens with zero attached hydrogens (tertiary/aromatic N) is 6. The maximum absolute atomic E-state index is 13.9. The number of fused-ring (bicyclic) bond motifs is 1. The van der Waals surface area contributed by atoms with E-state index in [0.717, 1.165) is 5.56 Å². The Labute approximate surface area is 190 Å². The summed E-state index contributed by atoms with van der Waals surface area (Å²) in [6.07, 6.45) is 0. The standard InChI is InChI=1S/C21H23BFN7O3/c1-28-6-7-29(16(10-23)13-28)20-8-17(26-19-9-18(22(32)33)27-30(19)20)21(31)25-12-15-4-2-14(11-24)3-5-15/h2-5,8-9,16,32-33H,6-7,10,12-13H2,1H3,(H,25,31)/t16-/m1/s1. The van der Waals surface area contributed by atoms with Gasteiger partial charge in [0, 0.05) is 38.3 Å². The lowest BCUT2D eigenvalue weighted by Crippen LogP contribution is -2.53. The summed E-state index contributed by atoms with van der Waals surface area (Å²) in [6.45, 7) is 1.33. The summed E-state index contributed by atoms with van der Waals surface area (Å²) in [5.74, 6) is 0.00695. The first-order valence-corrected chi connectivity index (χ1v) is 10.4. The quantitative estimate of drug-likeness (QED) is 0.420. The molecule has 0 unspecified atom stereocenters. The largest absolute Gasteiger partial charge is 0.510 e. The lowest BCUT2D eigenvalue weighted by Gasteiger charge is -2.40. The third-order valence-corrected chi connectivity index (χ3v) is 5.62. The van der Waals surface area contributed by atoms with Crippen LogP contribution in [0.4, 0.5) is 10.2 Å². The average Bonchev–Trinajstić information content (AvgIpc) is 3.27. The molecule has 0 spiro atoms. The first kappa shape index (κ1) is 22.7. The smallest absolute Gasteiger partial charge is 0.422 e. The molecule has 2 aromatic heterocycles. The van der Waals surface area contributed by atoms with E-state index in [1.807, 2.05) is 22.9 Å². The number of carbonyl (C=O) groups excluding carboxylic acids is 1. The van der Waals surface area contributed by atoms with E-state index in [9.17, 15) is 19.2 Å². The van der Waals surface area contributed by atoms with Crippen molar-refractivity contribution in [1.29, 1.82) is 5.26 Å². The van der Waals surface area contributed by atoms with Gasteiger partial charge in [-0.3, -0.25) is 4.79 Å². The van der Waals surface area contributed by atoms with Gasteiger partial charge in [0.1, 0.15) is 18.2 Å². The molecule has 3 N–H and O–H groups in total. The van der Waals surface area contributed by atoms with Gasteiger partial charge in [-0.2, -0.15) is 14.9 Å². The lowest BCUT2D eigenvalue weighted by molar-refractivity contribution is 0.0946. The second kappa shape index (κ2) is 9.54. The molecule has 33 heavy (non-hydrogen) atoms. The summed E-state index contributed by atoms with van der Waals surface area (Å²) in [7, 11) is 0.107. The number of benzene rings is 1. The summed E-state index contributed by atoms with van der Waals surface area (Å²) in [5.41, 5.74) is 1.66. The molecule has 4 rings (SSSR count). The molecule has 1 aromatic carbocycles. The number of hydrogen-bond acceptors (Lipinski definition) is 8. The van der Waals surface area contributed by atoms with Gasteiger partial charge in [-0.25, -0.2) is 9.37 Å². The van der Waals surface area contributed by atoms with Gasteiger partial charge >= 0.3 is 7.12 Å². The van der Waals surface area contributed by atoms with Crippen LogP contribution in [0.25, 0.3) is 5.65 Å². The highest BCUT2D eigenvalue weighted by atomic mass is 19.1. The number of amides is 1. The molecule has 1 atom stereocenters. The molecule has 0 bridgehead atoms. The van der Waals surface area contributed by atoms with Crippen molar-refractivity contribution in [2.75, 3.05) is 38.3 Å². The zero-order valence-electron chi connectivity index (χ0n) is 18.0. The molecule has 0 aliphatic carbocycles. The van der Waals surface area contributed by atoms with Crippen LogP contribution in [-0.4, -0.2) is 82.0 Å². The fourth-order valence-electron chi connectivity index (χ4n) is 3.84. The number of piperazine rings is 1. The van der Waals surface area contributed by atoms with E-state index in [1.54, 1.807) is 24.3 Å². The minimum absolute atomic E-state index is 0.0233. The minimum Gasteiger partial charge on any atom is -0.422 e. The van der Waals surface area contributed by atoms with Crippen molar-refractivity contribution in [3.63, 3.8) is 0 Å². The molecule has 1 fully saturated rings. The Bertz CT molecular complexity index is 1200. The monoisotopic (exact) mass is 451 g/mol. The minimum atomic E-state index is -1.81. The number of aromatic nitrogens is 3. The fraction of sp³-hybridized carbons (Fsp3) is 0.333. The molecule has 0 radical (unpaired) electrons. The van der Waals surface area contributed by atoms with Gasteiger partial charge in [0.25, 0.3) is 5.91 Å². The molecule has 1 aliphatic rings. The highest BCUT2D eigenvalue weighted by Crippen LogP contribution is 2.22. The molecule has 0 saturated carbocycles. The SMILES string of the molecule is CN1CCN(c2cc(C(=O)NCc3ccc(C#N)cc3)nc3cc(B(O)O)nn23)[C@H](CF)C1. The van der Waals surface area contributed by atoms with E-state index >= 15 is 0 Å². The molecule has 1 amide bonds. The second-order valence-corrected chi connectivity index (χ2v) is 7.97. The number of anilines is 1. The van der Waals surface area contributed by atoms with E-state index < -0.39 is 25.7 Å². The Morgan fingerprint density at radius 1 is 1.30 bits per heavy atom.